The number of thioether (sulfide) groups is 1. The average molecular weight is 337 g/mol. The van der Waals surface area contributed by atoms with Crippen LogP contribution < -0.4 is 0 Å². The van der Waals surface area contributed by atoms with E-state index in [4.69, 9.17) is 4.84 Å². The Kier molecular flexibility index (Phi) is 5.76. The molecule has 0 spiro atoms. The number of benzene rings is 2. The molecule has 0 aromatic heterocycles. The van der Waals surface area contributed by atoms with Crippen molar-refractivity contribution in [1.82, 2.24) is 0 Å². The maximum Gasteiger partial charge on any atom is 0.142 e. The van der Waals surface area contributed by atoms with Gasteiger partial charge in [0.05, 0.1) is 5.71 Å². The van der Waals surface area contributed by atoms with E-state index in [0.717, 1.165) is 24.1 Å². The van der Waals surface area contributed by atoms with Crippen LogP contribution in [0.3, 0.4) is 0 Å². The number of hydrogen-bond acceptors (Lipinski definition) is 3. The van der Waals surface area contributed by atoms with Crippen LogP contribution in [-0.4, -0.2) is 12.0 Å². The quantitative estimate of drug-likeness (QED) is 0.370. The first-order chi connectivity index (χ1) is 11.8. The van der Waals surface area contributed by atoms with E-state index in [-0.39, 0.29) is 0 Å². The van der Waals surface area contributed by atoms with Crippen LogP contribution in [-0.2, 0) is 11.4 Å². The normalized spacial score (nSPS) is 15.0. The van der Waals surface area contributed by atoms with Crippen molar-refractivity contribution in [3.63, 3.8) is 0 Å². The highest BCUT2D eigenvalue weighted by atomic mass is 32.2. The molecule has 2 aromatic carbocycles. The zero-order valence-electron chi connectivity index (χ0n) is 14.3. The molecule has 2 nitrogen and oxygen atoms in total. The third kappa shape index (κ3) is 4.09. The van der Waals surface area contributed by atoms with E-state index in [1.165, 1.54) is 28.0 Å². The van der Waals surface area contributed by atoms with Gasteiger partial charge in [-0.25, -0.2) is 0 Å². The molecule has 2 aromatic rings. The zero-order chi connectivity index (χ0) is 16.8. The molecule has 3 heteroatoms. The molecular formula is C21H23NOS. The first kappa shape index (κ1) is 16.8. The molecule has 124 valence electrons. The van der Waals surface area contributed by atoms with E-state index in [2.05, 4.69) is 54.7 Å². The van der Waals surface area contributed by atoms with E-state index in [1.807, 2.05) is 18.2 Å². The fraction of sp³-hybridized carbons (Fsp3) is 0.286. The van der Waals surface area contributed by atoms with Crippen LogP contribution in [0.4, 0.5) is 0 Å². The molecule has 3 rings (SSSR count). The number of oxime groups is 1. The van der Waals surface area contributed by atoms with Crippen LogP contribution in [0.25, 0.3) is 5.57 Å². The predicted molar refractivity (Wildman–Crippen MR) is 103 cm³/mol. The van der Waals surface area contributed by atoms with Gasteiger partial charge in [0.25, 0.3) is 0 Å². The molecule has 0 saturated heterocycles. The Labute approximate surface area is 148 Å². The summed E-state index contributed by atoms with van der Waals surface area (Å²) in [6, 6.07) is 19.0. The summed E-state index contributed by atoms with van der Waals surface area (Å²) in [6.07, 6.45) is 5.51. The lowest BCUT2D eigenvalue weighted by atomic mass is 10.00. The van der Waals surface area contributed by atoms with E-state index in [1.54, 1.807) is 11.8 Å². The van der Waals surface area contributed by atoms with Crippen LogP contribution in [0.15, 0.2) is 70.2 Å². The zero-order valence-corrected chi connectivity index (χ0v) is 15.1. The summed E-state index contributed by atoms with van der Waals surface area (Å²) < 4.78 is 0. The first-order valence-corrected chi connectivity index (χ1v) is 9.57. The Balaban J connectivity index is 1.73. The smallest absolute Gasteiger partial charge is 0.142 e. The van der Waals surface area contributed by atoms with E-state index < -0.39 is 0 Å². The van der Waals surface area contributed by atoms with Crippen molar-refractivity contribution < 1.29 is 4.84 Å². The van der Waals surface area contributed by atoms with E-state index >= 15 is 0 Å². The summed E-state index contributed by atoms with van der Waals surface area (Å²) in [5.41, 5.74) is 6.24. The highest BCUT2D eigenvalue weighted by Gasteiger charge is 2.18. The molecule has 24 heavy (non-hydrogen) atoms. The van der Waals surface area contributed by atoms with Crippen molar-refractivity contribution >= 4 is 23.0 Å². The Morgan fingerprint density at radius 1 is 1.04 bits per heavy atom. The third-order valence-corrected chi connectivity index (χ3v) is 5.11. The SMILES string of the molecule is CSc1ccc(C2=C(/C(C)=N/OCc3ccccc3)CCC2)cc1. The van der Waals surface area contributed by atoms with Gasteiger partial charge in [0, 0.05) is 4.90 Å². The van der Waals surface area contributed by atoms with Crippen LogP contribution in [0.2, 0.25) is 0 Å². The van der Waals surface area contributed by atoms with E-state index in [9.17, 15) is 0 Å². The maximum atomic E-state index is 5.57. The van der Waals surface area contributed by atoms with Gasteiger partial charge in [-0.1, -0.05) is 47.6 Å². The Morgan fingerprint density at radius 3 is 2.50 bits per heavy atom. The molecule has 0 unspecified atom stereocenters. The number of hydrogen-bond donors (Lipinski definition) is 0. The Bertz CT molecular complexity index is 732. The summed E-state index contributed by atoms with van der Waals surface area (Å²) in [7, 11) is 0. The topological polar surface area (TPSA) is 21.6 Å². The van der Waals surface area contributed by atoms with Crippen molar-refractivity contribution in [2.75, 3.05) is 6.26 Å². The summed E-state index contributed by atoms with van der Waals surface area (Å²) in [6.45, 7) is 2.57. The fourth-order valence-corrected chi connectivity index (χ4v) is 3.49. The first-order valence-electron chi connectivity index (χ1n) is 8.35. The molecule has 0 amide bonds. The predicted octanol–water partition coefficient (Wildman–Crippen LogP) is 5.94. The second-order valence-corrected chi connectivity index (χ2v) is 6.85. The third-order valence-electron chi connectivity index (χ3n) is 4.37. The van der Waals surface area contributed by atoms with Gasteiger partial charge in [-0.15, -0.1) is 11.8 Å². The van der Waals surface area contributed by atoms with Crippen molar-refractivity contribution in [2.45, 2.75) is 37.7 Å². The molecular weight excluding hydrogens is 314 g/mol. The summed E-state index contributed by atoms with van der Waals surface area (Å²) in [5, 5.41) is 4.37. The highest BCUT2D eigenvalue weighted by molar-refractivity contribution is 7.98. The lowest BCUT2D eigenvalue weighted by molar-refractivity contribution is 0.130. The summed E-state index contributed by atoms with van der Waals surface area (Å²) in [5.74, 6) is 0. The standard InChI is InChI=1S/C21H23NOS/c1-16(22-23-15-17-7-4-3-5-8-17)20-9-6-10-21(20)18-11-13-19(24-2)14-12-18/h3-5,7-8,11-14H,6,9-10,15H2,1-2H3/b22-16+. The summed E-state index contributed by atoms with van der Waals surface area (Å²) >= 11 is 1.78. The second-order valence-electron chi connectivity index (χ2n) is 5.97. The lowest BCUT2D eigenvalue weighted by Gasteiger charge is -2.09. The molecule has 0 radical (unpaired) electrons. The van der Waals surface area contributed by atoms with Gasteiger partial charge in [0.2, 0.25) is 0 Å². The fourth-order valence-electron chi connectivity index (χ4n) is 3.09. The molecule has 0 fully saturated rings. The van der Waals surface area contributed by atoms with Gasteiger partial charge >= 0.3 is 0 Å². The van der Waals surface area contributed by atoms with Crippen molar-refractivity contribution in [3.05, 3.63) is 71.3 Å². The number of allylic oxidation sites excluding steroid dienone is 2. The Morgan fingerprint density at radius 2 is 1.79 bits per heavy atom. The molecule has 1 aliphatic carbocycles. The maximum absolute atomic E-state index is 5.57. The largest absolute Gasteiger partial charge is 0.391 e. The summed E-state index contributed by atoms with van der Waals surface area (Å²) in [4.78, 5) is 6.87. The van der Waals surface area contributed by atoms with Crippen LogP contribution in [0, 0.1) is 0 Å². The monoisotopic (exact) mass is 337 g/mol. The minimum absolute atomic E-state index is 0.517. The highest BCUT2D eigenvalue weighted by Crippen LogP contribution is 2.35. The molecule has 0 heterocycles. The van der Waals surface area contributed by atoms with Gasteiger partial charge in [0.1, 0.15) is 6.61 Å². The minimum atomic E-state index is 0.517. The van der Waals surface area contributed by atoms with Gasteiger partial charge < -0.3 is 4.84 Å². The molecule has 0 aliphatic heterocycles. The number of rotatable bonds is 6. The Hall–Kier alpha value is -2.00. The van der Waals surface area contributed by atoms with Crippen LogP contribution >= 0.6 is 11.8 Å². The van der Waals surface area contributed by atoms with Crippen LogP contribution in [0.5, 0.6) is 0 Å². The van der Waals surface area contributed by atoms with Gasteiger partial charge in [0.15, 0.2) is 0 Å². The van der Waals surface area contributed by atoms with E-state index in [0.29, 0.717) is 6.61 Å². The second kappa shape index (κ2) is 8.20. The van der Waals surface area contributed by atoms with Crippen molar-refractivity contribution in [3.8, 4) is 0 Å². The molecule has 0 N–H and O–H groups in total. The van der Waals surface area contributed by atoms with Gasteiger partial charge in [-0.3, -0.25) is 0 Å². The molecule has 0 bridgehead atoms. The van der Waals surface area contributed by atoms with Gasteiger partial charge in [-0.05, 0) is 66.8 Å². The van der Waals surface area contributed by atoms with Crippen molar-refractivity contribution in [2.24, 2.45) is 5.16 Å². The number of nitrogens with zero attached hydrogens (tertiary/aromatic N) is 1. The van der Waals surface area contributed by atoms with Crippen molar-refractivity contribution in [1.29, 1.82) is 0 Å². The minimum Gasteiger partial charge on any atom is -0.391 e. The average Bonchev–Trinajstić information content (AvgIpc) is 3.12. The molecule has 1 aliphatic rings. The molecule has 0 atom stereocenters. The van der Waals surface area contributed by atoms with Crippen LogP contribution in [0.1, 0.15) is 37.3 Å². The molecule has 0 saturated carbocycles. The lowest BCUT2D eigenvalue weighted by Crippen LogP contribution is -1.99. The van der Waals surface area contributed by atoms with Gasteiger partial charge in [-0.2, -0.15) is 0 Å².